The summed E-state index contributed by atoms with van der Waals surface area (Å²) in [6, 6.07) is 23.9. The van der Waals surface area contributed by atoms with E-state index in [2.05, 4.69) is 5.32 Å². The molecule has 4 rings (SSSR count). The zero-order chi connectivity index (χ0) is 23.4. The molecule has 33 heavy (non-hydrogen) atoms. The van der Waals surface area contributed by atoms with Gasteiger partial charge in [0.05, 0.1) is 22.9 Å². The van der Waals surface area contributed by atoms with Gasteiger partial charge >= 0.3 is 0 Å². The molecule has 8 heteroatoms. The number of hydrogen-bond donors (Lipinski definition) is 2. The Morgan fingerprint density at radius 2 is 1.55 bits per heavy atom. The number of rotatable bonds is 8. The molecule has 3 N–H and O–H groups in total. The number of hydrogen-bond acceptors (Lipinski definition) is 7. The number of ketones is 1. The minimum absolute atomic E-state index is 0.0749. The predicted molar refractivity (Wildman–Crippen MR) is 131 cm³/mol. The van der Waals surface area contributed by atoms with Crippen LogP contribution in [0.1, 0.15) is 22.2 Å². The third kappa shape index (κ3) is 4.48. The summed E-state index contributed by atoms with van der Waals surface area (Å²) in [5.74, 6) is 0.222. The van der Waals surface area contributed by atoms with Crippen LogP contribution < -0.4 is 15.8 Å². The van der Waals surface area contributed by atoms with Gasteiger partial charge in [-0.25, -0.2) is 8.42 Å². The number of nitrogens with one attached hydrogen (secondary N) is 1. The van der Waals surface area contributed by atoms with Crippen LogP contribution in [0.4, 0.5) is 16.4 Å². The number of nitrogens with two attached hydrogens (primary N) is 1. The standard InChI is InChI=1S/C25H22N2O4S2/c1-2-31-20-16-10-9-15-19(20)27-25-24(33(29,30)18-13-7-4-8-14-18)21(26)23(32-25)22(28)17-11-5-3-6-12-17/h3-16,27H,2,26H2,1H3. The zero-order valence-electron chi connectivity index (χ0n) is 17.8. The van der Waals surface area contributed by atoms with Gasteiger partial charge in [0, 0.05) is 5.56 Å². The molecule has 0 aliphatic carbocycles. The Balaban J connectivity index is 1.89. The van der Waals surface area contributed by atoms with Crippen molar-refractivity contribution >= 4 is 43.3 Å². The molecule has 1 aromatic heterocycles. The molecule has 0 fully saturated rings. The van der Waals surface area contributed by atoms with Crippen molar-refractivity contribution in [2.45, 2.75) is 16.7 Å². The predicted octanol–water partition coefficient (Wildman–Crippen LogP) is 5.54. The van der Waals surface area contributed by atoms with Crippen molar-refractivity contribution in [2.75, 3.05) is 17.7 Å². The monoisotopic (exact) mass is 478 g/mol. The summed E-state index contributed by atoms with van der Waals surface area (Å²) in [6.45, 7) is 2.31. The summed E-state index contributed by atoms with van der Waals surface area (Å²) in [6.07, 6.45) is 0. The molecule has 6 nitrogen and oxygen atoms in total. The first-order valence-corrected chi connectivity index (χ1v) is 12.5. The van der Waals surface area contributed by atoms with E-state index < -0.39 is 9.84 Å². The van der Waals surface area contributed by atoms with E-state index in [9.17, 15) is 13.2 Å². The second-order valence-electron chi connectivity index (χ2n) is 7.07. The van der Waals surface area contributed by atoms with Crippen molar-refractivity contribution in [3.05, 3.63) is 95.4 Å². The normalized spacial score (nSPS) is 11.2. The molecule has 3 aromatic carbocycles. The number of carbonyl (C=O) groups is 1. The van der Waals surface area contributed by atoms with Gasteiger partial charge in [-0.3, -0.25) is 4.79 Å². The molecule has 0 amide bonds. The average Bonchev–Trinajstić information content (AvgIpc) is 3.17. The highest BCUT2D eigenvalue weighted by atomic mass is 32.2. The number of para-hydroxylation sites is 2. The lowest BCUT2D eigenvalue weighted by Gasteiger charge is -2.13. The van der Waals surface area contributed by atoms with E-state index in [4.69, 9.17) is 10.5 Å². The summed E-state index contributed by atoms with van der Waals surface area (Å²) in [4.78, 5) is 13.3. The number of thiophene rings is 1. The maximum atomic E-state index is 13.6. The Morgan fingerprint density at radius 3 is 2.21 bits per heavy atom. The van der Waals surface area contributed by atoms with Gasteiger partial charge in [-0.1, -0.05) is 60.7 Å². The summed E-state index contributed by atoms with van der Waals surface area (Å²) in [7, 11) is -4.01. The Morgan fingerprint density at radius 1 is 0.939 bits per heavy atom. The van der Waals surface area contributed by atoms with Crippen LogP contribution in [0, 0.1) is 0 Å². The Bertz CT molecular complexity index is 1380. The average molecular weight is 479 g/mol. The van der Waals surface area contributed by atoms with Gasteiger partial charge in [0.15, 0.2) is 0 Å². The van der Waals surface area contributed by atoms with Crippen LogP contribution in [-0.2, 0) is 9.84 Å². The van der Waals surface area contributed by atoms with Crippen LogP contribution in [0.25, 0.3) is 0 Å². The van der Waals surface area contributed by atoms with Crippen molar-refractivity contribution in [3.8, 4) is 5.75 Å². The van der Waals surface area contributed by atoms with Crippen LogP contribution in [0.2, 0.25) is 0 Å². The fourth-order valence-electron chi connectivity index (χ4n) is 3.36. The maximum absolute atomic E-state index is 13.6. The van der Waals surface area contributed by atoms with Crippen LogP contribution >= 0.6 is 11.3 Å². The third-order valence-electron chi connectivity index (χ3n) is 4.90. The molecule has 0 unspecified atom stereocenters. The molecule has 0 radical (unpaired) electrons. The van der Waals surface area contributed by atoms with Gasteiger partial charge < -0.3 is 15.8 Å². The molecular formula is C25H22N2O4S2. The van der Waals surface area contributed by atoms with Crippen LogP contribution in [0.3, 0.4) is 0 Å². The van der Waals surface area contributed by atoms with Crippen LogP contribution in [0.5, 0.6) is 5.75 Å². The Kier molecular flexibility index (Phi) is 6.48. The number of sulfone groups is 1. The lowest BCUT2D eigenvalue weighted by atomic mass is 10.1. The highest BCUT2D eigenvalue weighted by Crippen LogP contribution is 2.45. The van der Waals surface area contributed by atoms with Crippen molar-refractivity contribution in [1.29, 1.82) is 0 Å². The molecule has 1 heterocycles. The zero-order valence-corrected chi connectivity index (χ0v) is 19.4. The van der Waals surface area contributed by atoms with E-state index in [1.165, 1.54) is 12.1 Å². The second kappa shape index (κ2) is 9.48. The number of ether oxygens (including phenoxy) is 1. The van der Waals surface area contributed by atoms with Crippen molar-refractivity contribution in [3.63, 3.8) is 0 Å². The van der Waals surface area contributed by atoms with Gasteiger partial charge in [0.25, 0.3) is 0 Å². The van der Waals surface area contributed by atoms with E-state index in [0.717, 1.165) is 11.3 Å². The van der Waals surface area contributed by atoms with E-state index in [1.54, 1.807) is 60.7 Å². The molecule has 0 bridgehead atoms. The highest BCUT2D eigenvalue weighted by molar-refractivity contribution is 7.92. The second-order valence-corrected chi connectivity index (χ2v) is 9.98. The molecule has 0 saturated heterocycles. The van der Waals surface area contributed by atoms with E-state index >= 15 is 0 Å². The van der Waals surface area contributed by atoms with Gasteiger partial charge in [-0.05, 0) is 31.2 Å². The summed E-state index contributed by atoms with van der Waals surface area (Å²) in [5.41, 5.74) is 7.28. The summed E-state index contributed by atoms with van der Waals surface area (Å²) >= 11 is 1.01. The molecule has 168 valence electrons. The van der Waals surface area contributed by atoms with E-state index in [0.29, 0.717) is 23.6 Å². The molecule has 0 saturated carbocycles. The molecular weight excluding hydrogens is 456 g/mol. The van der Waals surface area contributed by atoms with E-state index in [-0.39, 0.29) is 31.1 Å². The maximum Gasteiger partial charge on any atom is 0.211 e. The van der Waals surface area contributed by atoms with Crippen LogP contribution in [0.15, 0.2) is 94.7 Å². The smallest absolute Gasteiger partial charge is 0.211 e. The fraction of sp³-hybridized carbons (Fsp3) is 0.0800. The van der Waals surface area contributed by atoms with Crippen LogP contribution in [-0.4, -0.2) is 20.8 Å². The summed E-state index contributed by atoms with van der Waals surface area (Å²) in [5, 5.41) is 3.40. The molecule has 4 aromatic rings. The largest absolute Gasteiger partial charge is 0.492 e. The minimum Gasteiger partial charge on any atom is -0.492 e. The first-order valence-electron chi connectivity index (χ1n) is 10.2. The minimum atomic E-state index is -4.01. The van der Waals surface area contributed by atoms with Gasteiger partial charge in [0.2, 0.25) is 15.6 Å². The Labute approximate surface area is 196 Å². The molecule has 0 aliphatic heterocycles. The number of carbonyl (C=O) groups excluding carboxylic acids is 1. The van der Waals surface area contributed by atoms with Gasteiger partial charge in [-0.2, -0.15) is 0 Å². The highest BCUT2D eigenvalue weighted by Gasteiger charge is 2.31. The van der Waals surface area contributed by atoms with Crippen molar-refractivity contribution in [1.82, 2.24) is 0 Å². The lowest BCUT2D eigenvalue weighted by Crippen LogP contribution is -2.08. The van der Waals surface area contributed by atoms with E-state index in [1.807, 2.05) is 19.1 Å². The molecule has 0 spiro atoms. The number of anilines is 3. The Hall–Kier alpha value is -3.62. The number of benzene rings is 3. The topological polar surface area (TPSA) is 98.5 Å². The molecule has 0 aliphatic rings. The van der Waals surface area contributed by atoms with Crippen molar-refractivity contribution in [2.24, 2.45) is 0 Å². The lowest BCUT2D eigenvalue weighted by molar-refractivity contribution is 0.104. The fourth-order valence-corrected chi connectivity index (χ4v) is 6.31. The van der Waals surface area contributed by atoms with Gasteiger partial charge in [-0.15, -0.1) is 11.3 Å². The van der Waals surface area contributed by atoms with Gasteiger partial charge in [0.1, 0.15) is 20.5 Å². The SMILES string of the molecule is CCOc1ccccc1Nc1sc(C(=O)c2ccccc2)c(N)c1S(=O)(=O)c1ccccc1. The van der Waals surface area contributed by atoms with Crippen molar-refractivity contribution < 1.29 is 17.9 Å². The third-order valence-corrected chi connectivity index (χ3v) is 8.00. The summed E-state index contributed by atoms with van der Waals surface area (Å²) < 4.78 is 32.9. The quantitative estimate of drug-likeness (QED) is 0.323. The first kappa shape index (κ1) is 22.6. The first-order chi connectivity index (χ1) is 15.9. The number of nitrogen functional groups attached to an aromatic ring is 1. The molecule has 0 atom stereocenters.